The van der Waals surface area contributed by atoms with Crippen molar-refractivity contribution in [3.8, 4) is 17.0 Å². The van der Waals surface area contributed by atoms with Crippen molar-refractivity contribution in [1.29, 1.82) is 0 Å². The Kier molecular flexibility index (Phi) is 4.01. The Morgan fingerprint density at radius 3 is 2.58 bits per heavy atom. The molecule has 19 heavy (non-hydrogen) atoms. The lowest BCUT2D eigenvalue weighted by Crippen LogP contribution is -2.22. The highest BCUT2D eigenvalue weighted by molar-refractivity contribution is 9.10. The molecule has 4 N–H and O–H groups in total. The van der Waals surface area contributed by atoms with Gasteiger partial charge in [-0.25, -0.2) is 0 Å². The number of aromatic nitrogens is 2. The normalized spacial score (nSPS) is 12.4. The molecule has 1 unspecified atom stereocenters. The first-order chi connectivity index (χ1) is 8.97. The van der Waals surface area contributed by atoms with E-state index in [4.69, 9.17) is 5.73 Å². The highest BCUT2D eigenvalue weighted by atomic mass is 79.9. The summed E-state index contributed by atoms with van der Waals surface area (Å²) in [6, 6.07) is 6.93. The van der Waals surface area contributed by atoms with Crippen LogP contribution in [0.3, 0.4) is 0 Å². The van der Waals surface area contributed by atoms with Crippen LogP contribution in [0, 0.1) is 0 Å². The number of H-pyrrole nitrogens is 1. The van der Waals surface area contributed by atoms with Crippen LogP contribution in [-0.4, -0.2) is 21.1 Å². The van der Waals surface area contributed by atoms with E-state index < -0.39 is 0 Å². The number of halogens is 1. The van der Waals surface area contributed by atoms with E-state index >= 15 is 0 Å². The third kappa shape index (κ3) is 3.21. The smallest absolute Gasteiger partial charge is 0.262 e. The van der Waals surface area contributed by atoms with E-state index in [9.17, 15) is 9.90 Å². The lowest BCUT2D eigenvalue weighted by molar-refractivity contribution is 0.449. The maximum Gasteiger partial charge on any atom is 0.262 e. The second-order valence-electron chi connectivity index (χ2n) is 4.40. The standard InChI is InChI=1S/C13H14BrN3O2/c1-7(15)6-10-16-12(18)11(13(19)17-10)8-2-4-9(14)5-3-8/h2-5,7H,6,15H2,1H3,(H2,16,17,18,19). The SMILES string of the molecule is CC(N)Cc1nc(O)c(-c2ccc(Br)cc2)c(=O)[nH]1. The van der Waals surface area contributed by atoms with Gasteiger partial charge in [0, 0.05) is 16.9 Å². The number of benzene rings is 1. The fourth-order valence-electron chi connectivity index (χ4n) is 1.79. The Hall–Kier alpha value is -1.66. The fourth-order valence-corrected chi connectivity index (χ4v) is 2.05. The molecule has 0 aliphatic carbocycles. The van der Waals surface area contributed by atoms with E-state index in [2.05, 4.69) is 25.9 Å². The van der Waals surface area contributed by atoms with Crippen molar-refractivity contribution < 1.29 is 5.11 Å². The van der Waals surface area contributed by atoms with E-state index in [1.807, 2.05) is 0 Å². The van der Waals surface area contributed by atoms with Crippen molar-refractivity contribution in [2.75, 3.05) is 0 Å². The van der Waals surface area contributed by atoms with Gasteiger partial charge in [0.1, 0.15) is 11.4 Å². The van der Waals surface area contributed by atoms with E-state index in [0.717, 1.165) is 4.47 Å². The summed E-state index contributed by atoms with van der Waals surface area (Å²) < 4.78 is 0.897. The second kappa shape index (κ2) is 5.54. The molecule has 1 aromatic carbocycles. The summed E-state index contributed by atoms with van der Waals surface area (Å²) in [7, 11) is 0. The van der Waals surface area contributed by atoms with Crippen molar-refractivity contribution in [2.45, 2.75) is 19.4 Å². The van der Waals surface area contributed by atoms with E-state index in [-0.39, 0.29) is 23.0 Å². The molecule has 5 nitrogen and oxygen atoms in total. The van der Waals surface area contributed by atoms with Gasteiger partial charge in [0.2, 0.25) is 5.88 Å². The highest BCUT2D eigenvalue weighted by Gasteiger charge is 2.13. The lowest BCUT2D eigenvalue weighted by atomic mass is 10.1. The van der Waals surface area contributed by atoms with E-state index in [0.29, 0.717) is 17.8 Å². The molecule has 1 heterocycles. The first kappa shape index (κ1) is 13.8. The first-order valence-corrected chi connectivity index (χ1v) is 6.60. The Bertz CT molecular complexity index is 635. The van der Waals surface area contributed by atoms with E-state index in [1.165, 1.54) is 0 Å². The zero-order valence-corrected chi connectivity index (χ0v) is 11.9. The van der Waals surface area contributed by atoms with Crippen molar-refractivity contribution in [3.63, 3.8) is 0 Å². The Balaban J connectivity index is 2.48. The minimum absolute atomic E-state index is 0.138. The van der Waals surface area contributed by atoms with Gasteiger partial charge in [0.15, 0.2) is 0 Å². The number of hydrogen-bond acceptors (Lipinski definition) is 4. The van der Waals surface area contributed by atoms with Crippen molar-refractivity contribution >= 4 is 15.9 Å². The quantitative estimate of drug-likeness (QED) is 0.803. The molecule has 0 saturated heterocycles. The van der Waals surface area contributed by atoms with Crippen LogP contribution in [-0.2, 0) is 6.42 Å². The second-order valence-corrected chi connectivity index (χ2v) is 5.32. The van der Waals surface area contributed by atoms with Gasteiger partial charge in [-0.3, -0.25) is 4.79 Å². The summed E-state index contributed by atoms with van der Waals surface area (Å²) in [4.78, 5) is 18.6. The van der Waals surface area contributed by atoms with Crippen LogP contribution in [0.4, 0.5) is 0 Å². The molecule has 0 saturated carbocycles. The summed E-state index contributed by atoms with van der Waals surface area (Å²) in [6.45, 7) is 1.81. The number of nitrogens with zero attached hydrogens (tertiary/aromatic N) is 1. The Morgan fingerprint density at radius 1 is 1.42 bits per heavy atom. The zero-order valence-electron chi connectivity index (χ0n) is 10.4. The maximum atomic E-state index is 12.0. The predicted molar refractivity (Wildman–Crippen MR) is 77.0 cm³/mol. The third-order valence-corrected chi connectivity index (χ3v) is 3.13. The Labute approximate surface area is 118 Å². The van der Waals surface area contributed by atoms with Crippen LogP contribution >= 0.6 is 15.9 Å². The number of nitrogens with two attached hydrogens (primary N) is 1. The van der Waals surface area contributed by atoms with Crippen LogP contribution in [0.5, 0.6) is 5.88 Å². The summed E-state index contributed by atoms with van der Waals surface area (Å²) in [5, 5.41) is 9.92. The highest BCUT2D eigenvalue weighted by Crippen LogP contribution is 2.24. The maximum absolute atomic E-state index is 12.0. The molecular formula is C13H14BrN3O2. The largest absolute Gasteiger partial charge is 0.493 e. The first-order valence-electron chi connectivity index (χ1n) is 5.81. The molecule has 0 aliphatic rings. The molecule has 0 spiro atoms. The lowest BCUT2D eigenvalue weighted by Gasteiger charge is -2.08. The van der Waals surface area contributed by atoms with Crippen LogP contribution in [0.2, 0.25) is 0 Å². The molecule has 100 valence electrons. The average molecular weight is 324 g/mol. The van der Waals surface area contributed by atoms with Gasteiger partial charge in [-0.2, -0.15) is 4.98 Å². The van der Waals surface area contributed by atoms with Crippen LogP contribution in [0.1, 0.15) is 12.7 Å². The minimum atomic E-state index is -0.370. The van der Waals surface area contributed by atoms with Crippen molar-refractivity contribution in [1.82, 2.24) is 9.97 Å². The van der Waals surface area contributed by atoms with Gasteiger partial charge in [0.05, 0.1) is 0 Å². The van der Waals surface area contributed by atoms with Crippen molar-refractivity contribution in [3.05, 3.63) is 44.9 Å². The third-order valence-electron chi connectivity index (χ3n) is 2.60. The molecule has 2 aromatic rings. The van der Waals surface area contributed by atoms with Crippen LogP contribution in [0.15, 0.2) is 33.5 Å². The van der Waals surface area contributed by atoms with Gasteiger partial charge in [0.25, 0.3) is 5.56 Å². The number of rotatable bonds is 3. The van der Waals surface area contributed by atoms with Gasteiger partial charge in [-0.15, -0.1) is 0 Å². The molecule has 2 rings (SSSR count). The summed E-state index contributed by atoms with van der Waals surface area (Å²) >= 11 is 3.32. The number of aromatic hydroxyl groups is 1. The molecular weight excluding hydrogens is 310 g/mol. The summed E-state index contributed by atoms with van der Waals surface area (Å²) in [6.07, 6.45) is 0.406. The molecule has 0 radical (unpaired) electrons. The predicted octanol–water partition coefficient (Wildman–Crippen LogP) is 1.79. The number of nitrogens with one attached hydrogen (secondary N) is 1. The summed E-state index contributed by atoms with van der Waals surface area (Å²) in [5.41, 5.74) is 6.05. The molecule has 6 heteroatoms. The number of aromatic amines is 1. The molecule has 0 fully saturated rings. The molecule has 1 aromatic heterocycles. The van der Waals surface area contributed by atoms with E-state index in [1.54, 1.807) is 31.2 Å². The minimum Gasteiger partial charge on any atom is -0.493 e. The van der Waals surface area contributed by atoms with Crippen LogP contribution in [0.25, 0.3) is 11.1 Å². The van der Waals surface area contributed by atoms with Crippen molar-refractivity contribution in [2.24, 2.45) is 5.73 Å². The zero-order chi connectivity index (χ0) is 14.0. The molecule has 1 atom stereocenters. The van der Waals surface area contributed by atoms with Gasteiger partial charge < -0.3 is 15.8 Å². The van der Waals surface area contributed by atoms with Crippen LogP contribution < -0.4 is 11.3 Å². The monoisotopic (exact) mass is 323 g/mol. The topological polar surface area (TPSA) is 92.0 Å². The van der Waals surface area contributed by atoms with Gasteiger partial charge in [-0.1, -0.05) is 28.1 Å². The molecule has 0 bridgehead atoms. The summed E-state index contributed by atoms with van der Waals surface area (Å²) in [5.74, 6) is 0.111. The molecule has 0 amide bonds. The Morgan fingerprint density at radius 2 is 2.05 bits per heavy atom. The van der Waals surface area contributed by atoms with Gasteiger partial charge >= 0.3 is 0 Å². The molecule has 0 aliphatic heterocycles. The number of hydrogen-bond donors (Lipinski definition) is 3. The average Bonchev–Trinajstić information content (AvgIpc) is 2.29. The fraction of sp³-hybridized carbons (Fsp3) is 0.231. The van der Waals surface area contributed by atoms with Gasteiger partial charge in [-0.05, 0) is 24.6 Å².